The van der Waals surface area contributed by atoms with Gasteiger partial charge in [-0.3, -0.25) is 0 Å². The van der Waals surface area contributed by atoms with Crippen LogP contribution in [0.1, 0.15) is 39.0 Å². The van der Waals surface area contributed by atoms with E-state index in [0.717, 1.165) is 12.5 Å². The van der Waals surface area contributed by atoms with Crippen LogP contribution in [0.15, 0.2) is 0 Å². The van der Waals surface area contributed by atoms with Crippen molar-refractivity contribution in [2.75, 3.05) is 13.7 Å². The van der Waals surface area contributed by atoms with Crippen LogP contribution >= 0.6 is 0 Å². The number of rotatable bonds is 3. The zero-order valence-electron chi connectivity index (χ0n) is 8.81. The normalized spacial score (nSPS) is 37.4. The average molecular weight is 183 g/mol. The van der Waals surface area contributed by atoms with Gasteiger partial charge < -0.3 is 10.1 Å². The summed E-state index contributed by atoms with van der Waals surface area (Å²) in [4.78, 5) is 0. The van der Waals surface area contributed by atoms with Gasteiger partial charge in [0.2, 0.25) is 0 Å². The standard InChI is InChI=1S/C11H21NO/c1-11(7-3-4-8-13-11)10(12-2)9-5-6-9/h9-10,12H,3-8H2,1-2H3. The molecule has 2 unspecified atom stereocenters. The van der Waals surface area contributed by atoms with E-state index in [0.29, 0.717) is 6.04 Å². The van der Waals surface area contributed by atoms with Crippen LogP contribution in [0.4, 0.5) is 0 Å². The fourth-order valence-corrected chi connectivity index (χ4v) is 2.67. The van der Waals surface area contributed by atoms with Gasteiger partial charge in [0.1, 0.15) is 0 Å². The molecule has 2 aliphatic rings. The van der Waals surface area contributed by atoms with Gasteiger partial charge in [0.15, 0.2) is 0 Å². The van der Waals surface area contributed by atoms with Gasteiger partial charge in [0.25, 0.3) is 0 Å². The fourth-order valence-electron chi connectivity index (χ4n) is 2.67. The minimum Gasteiger partial charge on any atom is -0.374 e. The van der Waals surface area contributed by atoms with Crippen LogP contribution in [0.2, 0.25) is 0 Å². The number of likely N-dealkylation sites (N-methyl/N-ethyl adjacent to an activating group) is 1. The maximum Gasteiger partial charge on any atom is 0.0809 e. The van der Waals surface area contributed by atoms with Crippen molar-refractivity contribution in [3.05, 3.63) is 0 Å². The second kappa shape index (κ2) is 3.58. The third kappa shape index (κ3) is 1.89. The van der Waals surface area contributed by atoms with E-state index in [1.54, 1.807) is 0 Å². The smallest absolute Gasteiger partial charge is 0.0809 e. The van der Waals surface area contributed by atoms with Crippen LogP contribution in [0.25, 0.3) is 0 Å². The van der Waals surface area contributed by atoms with E-state index in [1.165, 1.54) is 32.1 Å². The SMILES string of the molecule is CNC(C1CC1)C1(C)CCCCO1. The molecule has 0 bridgehead atoms. The Hall–Kier alpha value is -0.0800. The van der Waals surface area contributed by atoms with Crippen molar-refractivity contribution in [1.29, 1.82) is 0 Å². The predicted octanol–water partition coefficient (Wildman–Crippen LogP) is 1.94. The Morgan fingerprint density at radius 1 is 1.38 bits per heavy atom. The largest absolute Gasteiger partial charge is 0.374 e. The second-order valence-electron chi connectivity index (χ2n) is 4.72. The Balaban J connectivity index is 2.00. The summed E-state index contributed by atoms with van der Waals surface area (Å²) < 4.78 is 5.96. The Morgan fingerprint density at radius 3 is 2.62 bits per heavy atom. The first-order chi connectivity index (χ1) is 6.26. The zero-order chi connectivity index (χ0) is 9.31. The van der Waals surface area contributed by atoms with E-state index >= 15 is 0 Å². The number of nitrogens with one attached hydrogen (secondary N) is 1. The van der Waals surface area contributed by atoms with E-state index in [4.69, 9.17) is 4.74 Å². The molecule has 0 aromatic rings. The monoisotopic (exact) mass is 183 g/mol. The number of hydrogen-bond donors (Lipinski definition) is 1. The molecule has 1 N–H and O–H groups in total. The first-order valence-corrected chi connectivity index (χ1v) is 5.57. The molecule has 0 radical (unpaired) electrons. The summed E-state index contributed by atoms with van der Waals surface area (Å²) in [7, 11) is 2.08. The maximum atomic E-state index is 5.96. The molecule has 2 nitrogen and oxygen atoms in total. The van der Waals surface area contributed by atoms with Crippen molar-refractivity contribution in [1.82, 2.24) is 5.32 Å². The van der Waals surface area contributed by atoms with Crippen LogP contribution in [0.3, 0.4) is 0 Å². The second-order valence-corrected chi connectivity index (χ2v) is 4.72. The molecule has 76 valence electrons. The van der Waals surface area contributed by atoms with Gasteiger partial charge in [0, 0.05) is 12.6 Å². The lowest BCUT2D eigenvalue weighted by atomic mass is 9.85. The summed E-state index contributed by atoms with van der Waals surface area (Å²) in [6, 6.07) is 0.591. The number of ether oxygens (including phenoxy) is 1. The van der Waals surface area contributed by atoms with Gasteiger partial charge in [-0.25, -0.2) is 0 Å². The first kappa shape index (κ1) is 9.47. The topological polar surface area (TPSA) is 21.3 Å². The molecule has 2 rings (SSSR count). The minimum atomic E-state index is 0.119. The molecule has 2 heteroatoms. The fraction of sp³-hybridized carbons (Fsp3) is 1.00. The third-order valence-corrected chi connectivity index (χ3v) is 3.56. The molecule has 1 aliphatic carbocycles. The molecule has 1 heterocycles. The highest BCUT2D eigenvalue weighted by Crippen LogP contribution is 2.41. The molecular weight excluding hydrogens is 162 g/mol. The van der Waals surface area contributed by atoms with E-state index in [2.05, 4.69) is 19.3 Å². The van der Waals surface area contributed by atoms with Crippen molar-refractivity contribution in [2.24, 2.45) is 5.92 Å². The lowest BCUT2D eigenvalue weighted by molar-refractivity contribution is -0.0916. The molecule has 0 spiro atoms. The van der Waals surface area contributed by atoms with Crippen molar-refractivity contribution >= 4 is 0 Å². The quantitative estimate of drug-likeness (QED) is 0.722. The van der Waals surface area contributed by atoms with Crippen molar-refractivity contribution in [3.63, 3.8) is 0 Å². The van der Waals surface area contributed by atoms with Crippen LogP contribution in [0, 0.1) is 5.92 Å². The average Bonchev–Trinajstić information content (AvgIpc) is 2.90. The van der Waals surface area contributed by atoms with Gasteiger partial charge in [-0.05, 0) is 52.0 Å². The predicted molar refractivity (Wildman–Crippen MR) is 53.8 cm³/mol. The Bertz CT molecular complexity index is 171. The summed E-state index contributed by atoms with van der Waals surface area (Å²) >= 11 is 0. The van der Waals surface area contributed by atoms with E-state index in [-0.39, 0.29) is 5.60 Å². The van der Waals surface area contributed by atoms with E-state index in [1.807, 2.05) is 0 Å². The minimum absolute atomic E-state index is 0.119. The molecule has 1 aliphatic heterocycles. The summed E-state index contributed by atoms with van der Waals surface area (Å²) in [5, 5.41) is 3.45. The Labute approximate surface area is 81.0 Å². The van der Waals surface area contributed by atoms with Gasteiger partial charge in [-0.1, -0.05) is 0 Å². The molecule has 2 atom stereocenters. The van der Waals surface area contributed by atoms with Gasteiger partial charge in [0.05, 0.1) is 5.60 Å². The Kier molecular flexibility index (Phi) is 2.61. The van der Waals surface area contributed by atoms with Crippen LogP contribution < -0.4 is 5.32 Å². The number of hydrogen-bond acceptors (Lipinski definition) is 2. The molecular formula is C11H21NO. The summed E-state index contributed by atoms with van der Waals surface area (Å²) in [6.45, 7) is 3.24. The van der Waals surface area contributed by atoms with Gasteiger partial charge in [-0.15, -0.1) is 0 Å². The highest BCUT2D eigenvalue weighted by atomic mass is 16.5. The zero-order valence-corrected chi connectivity index (χ0v) is 8.81. The molecule has 0 aromatic heterocycles. The van der Waals surface area contributed by atoms with Crippen LogP contribution in [-0.4, -0.2) is 25.3 Å². The van der Waals surface area contributed by atoms with E-state index in [9.17, 15) is 0 Å². The van der Waals surface area contributed by atoms with Crippen molar-refractivity contribution in [3.8, 4) is 0 Å². The third-order valence-electron chi connectivity index (χ3n) is 3.56. The molecule has 2 fully saturated rings. The molecule has 0 amide bonds. The highest BCUT2D eigenvalue weighted by molar-refractivity contribution is 4.99. The molecule has 13 heavy (non-hydrogen) atoms. The highest BCUT2D eigenvalue weighted by Gasteiger charge is 2.44. The molecule has 1 saturated heterocycles. The summed E-state index contributed by atoms with van der Waals surface area (Å²) in [5.41, 5.74) is 0.119. The maximum absolute atomic E-state index is 5.96. The van der Waals surface area contributed by atoms with E-state index < -0.39 is 0 Å². The molecule has 1 saturated carbocycles. The van der Waals surface area contributed by atoms with Crippen molar-refractivity contribution in [2.45, 2.75) is 50.7 Å². The van der Waals surface area contributed by atoms with Crippen LogP contribution in [0.5, 0.6) is 0 Å². The summed E-state index contributed by atoms with van der Waals surface area (Å²) in [5.74, 6) is 0.882. The van der Waals surface area contributed by atoms with Gasteiger partial charge >= 0.3 is 0 Å². The Morgan fingerprint density at radius 2 is 2.15 bits per heavy atom. The lowest BCUT2D eigenvalue weighted by Crippen LogP contribution is -2.52. The first-order valence-electron chi connectivity index (χ1n) is 5.57. The van der Waals surface area contributed by atoms with Crippen molar-refractivity contribution < 1.29 is 4.74 Å². The summed E-state index contributed by atoms with van der Waals surface area (Å²) in [6.07, 6.45) is 6.60. The molecule has 0 aromatic carbocycles. The van der Waals surface area contributed by atoms with Crippen LogP contribution in [-0.2, 0) is 4.74 Å². The lowest BCUT2D eigenvalue weighted by Gasteiger charge is -2.40. The van der Waals surface area contributed by atoms with Gasteiger partial charge in [-0.2, -0.15) is 0 Å².